The van der Waals surface area contributed by atoms with E-state index in [0.29, 0.717) is 58.3 Å². The molecule has 1 amide bonds. The molecule has 9 nitrogen and oxygen atoms in total. The molecule has 4 aromatic rings. The Kier molecular flexibility index (Phi) is 9.96. The number of fused-ring (bicyclic) bond motifs is 1. The van der Waals surface area contributed by atoms with Crippen LogP contribution >= 0.6 is 11.6 Å². The molecule has 12 heteroatoms. The Morgan fingerprint density at radius 3 is 2.29 bits per heavy atom. The molecule has 1 aromatic heterocycles. The maximum atomic E-state index is 13.7. The highest BCUT2D eigenvalue weighted by Gasteiger charge is 2.51. The Bertz CT molecular complexity index is 1910. The zero-order chi connectivity index (χ0) is 35.1. The summed E-state index contributed by atoms with van der Waals surface area (Å²) in [5.41, 5.74) is 8.45. The van der Waals surface area contributed by atoms with Crippen molar-refractivity contribution in [2.24, 2.45) is 17.6 Å². The Labute approximate surface area is 294 Å². The van der Waals surface area contributed by atoms with Crippen LogP contribution in [-0.2, 0) is 37.1 Å². The Balaban J connectivity index is 1.39. The van der Waals surface area contributed by atoms with Crippen molar-refractivity contribution < 1.29 is 31.7 Å². The van der Waals surface area contributed by atoms with Gasteiger partial charge >= 0.3 is 7.12 Å². The zero-order valence-corrected chi connectivity index (χ0v) is 30.3. The molecule has 2 heterocycles. The second kappa shape index (κ2) is 13.8. The van der Waals surface area contributed by atoms with Gasteiger partial charge in [0.1, 0.15) is 11.3 Å². The van der Waals surface area contributed by atoms with Gasteiger partial charge < -0.3 is 24.2 Å². The number of anilines is 1. The molecule has 260 valence electrons. The summed E-state index contributed by atoms with van der Waals surface area (Å²) in [6.45, 7) is 8.77. The van der Waals surface area contributed by atoms with Crippen LogP contribution in [0.15, 0.2) is 71.1 Å². The highest BCUT2D eigenvalue weighted by atomic mass is 35.5. The number of carbonyl (C=O) groups is 1. The van der Waals surface area contributed by atoms with Gasteiger partial charge in [0.15, 0.2) is 0 Å². The molecule has 1 unspecified atom stereocenters. The van der Waals surface area contributed by atoms with Crippen LogP contribution in [0, 0.1) is 11.8 Å². The van der Waals surface area contributed by atoms with E-state index >= 15 is 0 Å². The maximum Gasteiger partial charge on any atom is 0.458 e. The number of rotatable bonds is 14. The molecule has 1 atom stereocenters. The number of nitrogens with two attached hydrogens (primary N) is 1. The normalized spacial score (nSPS) is 17.8. The topological polar surface area (TPSA) is 121 Å². The number of halogens is 1. The molecule has 0 radical (unpaired) electrons. The van der Waals surface area contributed by atoms with Crippen molar-refractivity contribution in [2.75, 3.05) is 23.7 Å². The van der Waals surface area contributed by atoms with Gasteiger partial charge in [-0.05, 0) is 107 Å². The van der Waals surface area contributed by atoms with Crippen LogP contribution in [0.3, 0.4) is 0 Å². The molecule has 49 heavy (non-hydrogen) atoms. The van der Waals surface area contributed by atoms with Crippen molar-refractivity contribution in [3.05, 3.63) is 88.4 Å². The second-order valence-corrected chi connectivity index (χ2v) is 16.7. The van der Waals surface area contributed by atoms with Gasteiger partial charge in [-0.15, -0.1) is 0 Å². The van der Waals surface area contributed by atoms with Crippen LogP contribution in [0.5, 0.6) is 0 Å². The molecule has 0 spiro atoms. The van der Waals surface area contributed by atoms with Gasteiger partial charge in [0.05, 0.1) is 41.9 Å². The first kappa shape index (κ1) is 35.5. The number of benzene rings is 3. The molecule has 1 aliphatic heterocycles. The molecule has 2 aliphatic rings. The Morgan fingerprint density at radius 1 is 1.04 bits per heavy atom. The fraction of sp³-hybridized carbons (Fsp3) is 0.432. The molecule has 3 aromatic carbocycles. The van der Waals surface area contributed by atoms with Gasteiger partial charge in [0.2, 0.25) is 10.0 Å². The molecule has 2 N–H and O–H groups in total. The lowest BCUT2D eigenvalue weighted by atomic mass is 9.77. The average molecular weight is 707 g/mol. The molecular weight excluding hydrogens is 663 g/mol. The number of ether oxygens (including phenoxy) is 1. The molecular formula is C37H44BClN2O7S. The summed E-state index contributed by atoms with van der Waals surface area (Å²) in [4.78, 5) is 12.9. The minimum atomic E-state index is -3.80. The van der Waals surface area contributed by atoms with Gasteiger partial charge in [-0.25, -0.2) is 8.42 Å². The molecule has 1 saturated carbocycles. The van der Waals surface area contributed by atoms with Gasteiger partial charge in [0, 0.05) is 28.6 Å². The van der Waals surface area contributed by atoms with E-state index in [9.17, 15) is 13.2 Å². The lowest BCUT2D eigenvalue weighted by Crippen LogP contribution is -2.41. The van der Waals surface area contributed by atoms with Gasteiger partial charge in [0.25, 0.3) is 5.91 Å². The van der Waals surface area contributed by atoms with Crippen LogP contribution in [0.4, 0.5) is 5.69 Å². The predicted molar refractivity (Wildman–Crippen MR) is 194 cm³/mol. The first-order valence-electron chi connectivity index (χ1n) is 16.7. The van der Waals surface area contributed by atoms with E-state index in [1.807, 2.05) is 64.1 Å². The maximum absolute atomic E-state index is 13.7. The number of primary amides is 1. The highest BCUT2D eigenvalue weighted by Crippen LogP contribution is 2.43. The summed E-state index contributed by atoms with van der Waals surface area (Å²) < 4.78 is 54.1. The summed E-state index contributed by atoms with van der Waals surface area (Å²) in [6, 6.07) is 20.4. The molecule has 0 bridgehead atoms. The van der Waals surface area contributed by atoms with Crippen LogP contribution in [0.1, 0.15) is 62.0 Å². The predicted octanol–water partition coefficient (Wildman–Crippen LogP) is 7.50. The van der Waals surface area contributed by atoms with Crippen molar-refractivity contribution in [3.8, 4) is 11.3 Å². The summed E-state index contributed by atoms with van der Waals surface area (Å²) in [6.07, 6.45) is 4.39. The lowest BCUT2D eigenvalue weighted by Gasteiger charge is -2.32. The van der Waals surface area contributed by atoms with Crippen molar-refractivity contribution in [3.63, 3.8) is 0 Å². The zero-order valence-electron chi connectivity index (χ0n) is 28.7. The van der Waals surface area contributed by atoms with Crippen LogP contribution in [0.25, 0.3) is 22.3 Å². The number of amides is 1. The second-order valence-electron chi connectivity index (χ2n) is 14.4. The third-order valence-corrected chi connectivity index (χ3v) is 11.2. The van der Waals surface area contributed by atoms with Crippen molar-refractivity contribution in [1.29, 1.82) is 0 Å². The largest absolute Gasteiger partial charge is 0.458 e. The third kappa shape index (κ3) is 8.02. The molecule has 2 fully saturated rings. The van der Waals surface area contributed by atoms with E-state index in [4.69, 9.17) is 35.8 Å². The molecule has 1 aliphatic carbocycles. The highest BCUT2D eigenvalue weighted by molar-refractivity contribution is 7.92. The SMILES string of the molecule is CC1(C)OB(CC(COCc2ccccc2)CN(c2cc3oc(-c4ccc(Cl)cc4)c(C(N)=O)c3cc2CC2CC2)S(C)(=O)=O)OC1(C)C. The van der Waals surface area contributed by atoms with Gasteiger partial charge in [-0.1, -0.05) is 41.9 Å². The van der Waals surface area contributed by atoms with Gasteiger partial charge in [-0.3, -0.25) is 9.10 Å². The third-order valence-electron chi connectivity index (χ3n) is 9.83. The van der Waals surface area contributed by atoms with E-state index in [-0.39, 0.29) is 24.6 Å². The van der Waals surface area contributed by atoms with E-state index < -0.39 is 34.3 Å². The minimum Gasteiger partial charge on any atom is -0.455 e. The number of nitrogens with zero attached hydrogens (tertiary/aromatic N) is 1. The summed E-state index contributed by atoms with van der Waals surface area (Å²) in [5, 5.41) is 1.09. The minimum absolute atomic E-state index is 0.119. The molecule has 1 saturated heterocycles. The number of sulfonamides is 1. The summed E-state index contributed by atoms with van der Waals surface area (Å²) >= 11 is 6.13. The quantitative estimate of drug-likeness (QED) is 0.135. The molecule has 6 rings (SSSR count). The summed E-state index contributed by atoms with van der Waals surface area (Å²) in [7, 11) is -4.35. The van der Waals surface area contributed by atoms with Crippen LogP contribution in [0.2, 0.25) is 11.3 Å². The van der Waals surface area contributed by atoms with Crippen molar-refractivity contribution in [2.45, 2.75) is 71.1 Å². The smallest absolute Gasteiger partial charge is 0.455 e. The first-order valence-corrected chi connectivity index (χ1v) is 18.9. The number of hydrogen-bond acceptors (Lipinski definition) is 7. The standard InChI is InChI=1S/C37H44BClN2O7S/c1-36(2)37(3,4)48-38(47-36)20-26(23-45-22-25-9-7-6-8-10-25)21-41(49(5,43)44)31-19-32-30(18-28(31)17-24-11-12-24)33(35(40)42)34(46-32)27-13-15-29(39)16-14-27/h6-10,13-16,18-19,24,26H,11-12,17,20-23H2,1-5H3,(H2,40,42). The number of hydrogen-bond donors (Lipinski definition) is 1. The number of carbonyl (C=O) groups excluding carboxylic acids is 1. The van der Waals surface area contributed by atoms with E-state index in [2.05, 4.69) is 0 Å². The lowest BCUT2D eigenvalue weighted by molar-refractivity contribution is 0.00578. The first-order chi connectivity index (χ1) is 23.1. The van der Waals surface area contributed by atoms with Gasteiger partial charge in [-0.2, -0.15) is 0 Å². The van der Waals surface area contributed by atoms with E-state index in [0.717, 1.165) is 24.0 Å². The van der Waals surface area contributed by atoms with E-state index in [1.54, 1.807) is 30.3 Å². The number of furan rings is 1. The van der Waals surface area contributed by atoms with E-state index in [1.165, 1.54) is 10.6 Å². The van der Waals surface area contributed by atoms with Crippen molar-refractivity contribution >= 4 is 51.3 Å². The summed E-state index contributed by atoms with van der Waals surface area (Å²) in [5.74, 6) is -0.188. The monoisotopic (exact) mass is 706 g/mol. The average Bonchev–Trinajstić information content (AvgIpc) is 3.71. The van der Waals surface area contributed by atoms with Crippen LogP contribution < -0.4 is 10.0 Å². The van der Waals surface area contributed by atoms with Crippen LogP contribution in [-0.4, -0.2) is 52.1 Å². The Hall–Kier alpha value is -3.35. The van der Waals surface area contributed by atoms with Crippen molar-refractivity contribution in [1.82, 2.24) is 0 Å². The Morgan fingerprint density at radius 2 is 1.69 bits per heavy atom. The fourth-order valence-corrected chi connectivity index (χ4v) is 7.48. The fourth-order valence-electron chi connectivity index (χ4n) is 6.35.